The van der Waals surface area contributed by atoms with Crippen molar-refractivity contribution < 1.29 is 39.6 Å². The van der Waals surface area contributed by atoms with Crippen molar-refractivity contribution in [2.45, 2.75) is 6.42 Å². The number of aliphatic carboxylic acids is 4. The second-order valence-corrected chi connectivity index (χ2v) is 5.08. The van der Waals surface area contributed by atoms with Crippen LogP contribution in [0.3, 0.4) is 0 Å². The van der Waals surface area contributed by atoms with Crippen LogP contribution < -0.4 is 0 Å². The van der Waals surface area contributed by atoms with Gasteiger partial charge in [-0.15, -0.1) is 0 Å². The number of thioether (sulfide) groups is 2. The maximum absolute atomic E-state index is 9.10. The second kappa shape index (κ2) is 12.0. The van der Waals surface area contributed by atoms with E-state index in [0.29, 0.717) is 0 Å². The number of carboxylic acids is 4. The van der Waals surface area contributed by atoms with E-state index in [1.807, 2.05) is 0 Å². The molecule has 0 amide bonds. The lowest BCUT2D eigenvalue weighted by molar-refractivity contribution is -0.159. The highest BCUT2D eigenvalue weighted by Gasteiger charge is 2.04. The molecule has 1 fully saturated rings. The Kier molecular flexibility index (Phi) is 12.7. The maximum Gasteiger partial charge on any atom is 0.414 e. The third-order valence-electron chi connectivity index (χ3n) is 1.11. The van der Waals surface area contributed by atoms with Gasteiger partial charge in [0.15, 0.2) is 0 Å². The van der Waals surface area contributed by atoms with Gasteiger partial charge in [0.05, 0.1) is 0 Å². The van der Waals surface area contributed by atoms with Gasteiger partial charge in [0.1, 0.15) is 0 Å². The van der Waals surface area contributed by atoms with E-state index >= 15 is 0 Å². The predicted octanol–water partition coefficient (Wildman–Crippen LogP) is 0.125. The highest BCUT2D eigenvalue weighted by Crippen LogP contribution is 2.19. The first-order chi connectivity index (χ1) is 8.29. The van der Waals surface area contributed by atoms with Crippen molar-refractivity contribution in [1.29, 1.82) is 0 Å². The SMILES string of the molecule is C1CSCSC1.O=C(O)C(=O)O.O=C(O)C(=O)O. The van der Waals surface area contributed by atoms with Gasteiger partial charge in [0, 0.05) is 5.08 Å². The summed E-state index contributed by atoms with van der Waals surface area (Å²) < 4.78 is 0. The van der Waals surface area contributed by atoms with Crippen LogP contribution in [0.15, 0.2) is 0 Å². The molecule has 10 heteroatoms. The Bertz CT molecular complexity index is 240. The summed E-state index contributed by atoms with van der Waals surface area (Å²) in [5, 5.41) is 30.9. The Morgan fingerprint density at radius 3 is 1.00 bits per heavy atom. The summed E-state index contributed by atoms with van der Waals surface area (Å²) in [4.78, 5) is 36.4. The first-order valence-electron chi connectivity index (χ1n) is 4.37. The minimum atomic E-state index is -1.82. The third kappa shape index (κ3) is 17.0. The molecular formula is C8H12O8S2. The molecule has 0 atom stereocenters. The zero-order valence-corrected chi connectivity index (χ0v) is 10.7. The number of rotatable bonds is 0. The lowest BCUT2D eigenvalue weighted by Crippen LogP contribution is -2.09. The monoisotopic (exact) mass is 300 g/mol. The van der Waals surface area contributed by atoms with Gasteiger partial charge in [-0.05, 0) is 17.9 Å². The van der Waals surface area contributed by atoms with Gasteiger partial charge in [0.2, 0.25) is 0 Å². The molecule has 0 bridgehead atoms. The molecule has 0 unspecified atom stereocenters. The van der Waals surface area contributed by atoms with Crippen LogP contribution in [0.4, 0.5) is 0 Å². The highest BCUT2D eigenvalue weighted by molar-refractivity contribution is 8.16. The quantitative estimate of drug-likeness (QED) is 0.454. The van der Waals surface area contributed by atoms with E-state index in [1.54, 1.807) is 0 Å². The van der Waals surface area contributed by atoms with E-state index < -0.39 is 23.9 Å². The molecular weight excluding hydrogens is 288 g/mol. The van der Waals surface area contributed by atoms with Crippen LogP contribution in [0.1, 0.15) is 6.42 Å². The second-order valence-electron chi connectivity index (χ2n) is 2.51. The fourth-order valence-electron chi connectivity index (χ4n) is 0.440. The molecule has 18 heavy (non-hydrogen) atoms. The van der Waals surface area contributed by atoms with E-state index in [-0.39, 0.29) is 0 Å². The average Bonchev–Trinajstić information content (AvgIpc) is 2.32. The van der Waals surface area contributed by atoms with Crippen molar-refractivity contribution in [3.63, 3.8) is 0 Å². The van der Waals surface area contributed by atoms with Gasteiger partial charge in [-0.2, -0.15) is 23.5 Å². The predicted molar refractivity (Wildman–Crippen MR) is 64.9 cm³/mol. The van der Waals surface area contributed by atoms with Gasteiger partial charge in [-0.25, -0.2) is 19.2 Å². The average molecular weight is 300 g/mol. The molecule has 0 aliphatic carbocycles. The highest BCUT2D eigenvalue weighted by atomic mass is 32.2. The molecule has 0 aromatic heterocycles. The molecule has 1 aliphatic rings. The summed E-state index contributed by atoms with van der Waals surface area (Å²) in [6.07, 6.45) is 1.43. The van der Waals surface area contributed by atoms with Crippen LogP contribution >= 0.6 is 23.5 Å². The first-order valence-corrected chi connectivity index (χ1v) is 6.68. The number of carboxylic acid groups (broad SMARTS) is 4. The molecule has 1 saturated heterocycles. The van der Waals surface area contributed by atoms with Crippen LogP contribution in [0.2, 0.25) is 0 Å². The van der Waals surface area contributed by atoms with Crippen molar-refractivity contribution in [2.24, 2.45) is 0 Å². The molecule has 0 radical (unpaired) electrons. The Morgan fingerprint density at radius 2 is 0.944 bits per heavy atom. The van der Waals surface area contributed by atoms with Crippen molar-refractivity contribution in [3.05, 3.63) is 0 Å². The smallest absolute Gasteiger partial charge is 0.414 e. The summed E-state index contributed by atoms with van der Waals surface area (Å²) in [6, 6.07) is 0. The molecule has 0 aromatic carbocycles. The normalized spacial score (nSPS) is 12.9. The fourth-order valence-corrected chi connectivity index (χ4v) is 2.73. The third-order valence-corrected chi connectivity index (χ3v) is 3.60. The summed E-state index contributed by atoms with van der Waals surface area (Å²) in [5.41, 5.74) is 0. The molecule has 0 spiro atoms. The van der Waals surface area contributed by atoms with Crippen LogP contribution in [-0.2, 0) is 19.2 Å². The number of carbonyl (C=O) groups is 4. The molecule has 1 rings (SSSR count). The lowest BCUT2D eigenvalue weighted by atomic mass is 10.6. The van der Waals surface area contributed by atoms with E-state index in [0.717, 1.165) is 0 Å². The van der Waals surface area contributed by atoms with E-state index in [4.69, 9.17) is 39.6 Å². The molecule has 104 valence electrons. The summed E-state index contributed by atoms with van der Waals surface area (Å²) in [7, 11) is 0. The summed E-state index contributed by atoms with van der Waals surface area (Å²) >= 11 is 4.12. The Labute approximate surface area is 110 Å². The summed E-state index contributed by atoms with van der Waals surface area (Å²) in [5.74, 6) is -4.50. The maximum atomic E-state index is 9.10. The minimum Gasteiger partial charge on any atom is -0.473 e. The van der Waals surface area contributed by atoms with Gasteiger partial charge in [-0.3, -0.25) is 0 Å². The number of hydrogen-bond donors (Lipinski definition) is 4. The zero-order valence-electron chi connectivity index (χ0n) is 9.07. The molecule has 8 nitrogen and oxygen atoms in total. The number of hydrogen-bond acceptors (Lipinski definition) is 6. The summed E-state index contributed by atoms with van der Waals surface area (Å²) in [6.45, 7) is 0. The van der Waals surface area contributed by atoms with E-state index in [2.05, 4.69) is 23.5 Å². The fraction of sp³-hybridized carbons (Fsp3) is 0.500. The van der Waals surface area contributed by atoms with Crippen molar-refractivity contribution in [1.82, 2.24) is 0 Å². The topological polar surface area (TPSA) is 149 Å². The standard InChI is InChI=1S/C4H8S2.2C2H2O4/c1-2-5-4-6-3-1;2*3-1(4)2(5)6/h1-4H2;2*(H,3,4)(H,5,6). The molecule has 1 heterocycles. The molecule has 1 aliphatic heterocycles. The van der Waals surface area contributed by atoms with Crippen molar-refractivity contribution in [2.75, 3.05) is 16.6 Å². The Hall–Kier alpha value is -1.42. The molecule has 4 N–H and O–H groups in total. The van der Waals surface area contributed by atoms with E-state index in [1.165, 1.54) is 23.0 Å². The van der Waals surface area contributed by atoms with Gasteiger partial charge in [0.25, 0.3) is 0 Å². The van der Waals surface area contributed by atoms with Crippen LogP contribution in [0.25, 0.3) is 0 Å². The van der Waals surface area contributed by atoms with Gasteiger partial charge in [-0.1, -0.05) is 0 Å². The molecule has 0 saturated carbocycles. The Morgan fingerprint density at radius 1 is 0.667 bits per heavy atom. The molecule has 0 aromatic rings. The minimum absolute atomic E-state index is 1.33. The van der Waals surface area contributed by atoms with Crippen LogP contribution in [0, 0.1) is 0 Å². The van der Waals surface area contributed by atoms with Crippen molar-refractivity contribution in [3.8, 4) is 0 Å². The lowest BCUT2D eigenvalue weighted by Gasteiger charge is -2.05. The zero-order chi connectivity index (χ0) is 14.6. The van der Waals surface area contributed by atoms with Gasteiger partial charge >= 0.3 is 23.9 Å². The van der Waals surface area contributed by atoms with E-state index in [9.17, 15) is 0 Å². The first kappa shape index (κ1) is 18.9. The van der Waals surface area contributed by atoms with Crippen LogP contribution in [0.5, 0.6) is 0 Å². The van der Waals surface area contributed by atoms with Crippen LogP contribution in [-0.4, -0.2) is 60.9 Å². The largest absolute Gasteiger partial charge is 0.473 e. The van der Waals surface area contributed by atoms with Crippen molar-refractivity contribution >= 4 is 47.4 Å². The van der Waals surface area contributed by atoms with Gasteiger partial charge < -0.3 is 20.4 Å². The Balaban J connectivity index is 0.